The smallest absolute Gasteiger partial charge is 0.227 e. The van der Waals surface area contributed by atoms with E-state index in [9.17, 15) is 0 Å². The van der Waals surface area contributed by atoms with Crippen molar-refractivity contribution in [1.29, 1.82) is 0 Å². The summed E-state index contributed by atoms with van der Waals surface area (Å²) in [5, 5.41) is 2.81. The molecule has 0 rings (SSSR count). The number of methoxy groups -OCH3 is 2. The second kappa shape index (κ2) is 6.67. The summed E-state index contributed by atoms with van der Waals surface area (Å²) in [6.45, 7) is 5.58. The lowest BCUT2D eigenvalue weighted by atomic mass is 10.5. The van der Waals surface area contributed by atoms with Gasteiger partial charge in [0.05, 0.1) is 7.11 Å². The van der Waals surface area contributed by atoms with Gasteiger partial charge < -0.3 is 14.8 Å². The molecule has 0 aliphatic carbocycles. The molecule has 0 bridgehead atoms. The van der Waals surface area contributed by atoms with Crippen LogP contribution in [0.1, 0.15) is 13.3 Å². The van der Waals surface area contributed by atoms with Crippen molar-refractivity contribution in [2.45, 2.75) is 19.7 Å². The van der Waals surface area contributed by atoms with E-state index in [1.54, 1.807) is 13.3 Å². The number of rotatable bonds is 6. The van der Waals surface area contributed by atoms with Gasteiger partial charge in [-0.1, -0.05) is 6.92 Å². The van der Waals surface area contributed by atoms with Crippen LogP contribution in [-0.2, 0) is 9.47 Å². The van der Waals surface area contributed by atoms with Gasteiger partial charge in [0.15, 0.2) is 5.88 Å². The van der Waals surface area contributed by atoms with Crippen molar-refractivity contribution >= 4 is 6.21 Å². The molecule has 0 saturated heterocycles. The summed E-state index contributed by atoms with van der Waals surface area (Å²) in [6.07, 6.45) is 2.24. The van der Waals surface area contributed by atoms with E-state index in [4.69, 9.17) is 9.47 Å². The first-order valence-corrected chi connectivity index (χ1v) is 3.78. The Morgan fingerprint density at radius 2 is 2.33 bits per heavy atom. The summed E-state index contributed by atoms with van der Waals surface area (Å²) < 4.78 is 9.78. The summed E-state index contributed by atoms with van der Waals surface area (Å²) in [6, 6.07) is 0. The highest BCUT2D eigenvalue weighted by Crippen LogP contribution is 1.92. The van der Waals surface area contributed by atoms with E-state index in [-0.39, 0.29) is 0 Å². The topological polar surface area (TPSA) is 42.9 Å². The zero-order chi connectivity index (χ0) is 9.40. The molecule has 0 fully saturated rings. The van der Waals surface area contributed by atoms with Crippen LogP contribution >= 0.6 is 0 Å². The Morgan fingerprint density at radius 3 is 2.75 bits per heavy atom. The predicted molar refractivity (Wildman–Crippen MR) is 48.9 cm³/mol. The first kappa shape index (κ1) is 11.0. The number of hydrogen-bond acceptors (Lipinski definition) is 4. The molecule has 12 heavy (non-hydrogen) atoms. The minimum atomic E-state index is -0.405. The van der Waals surface area contributed by atoms with Crippen LogP contribution in [0.2, 0.25) is 0 Å². The van der Waals surface area contributed by atoms with Crippen LogP contribution in [0, 0.1) is 0 Å². The van der Waals surface area contributed by atoms with Crippen LogP contribution in [0.25, 0.3) is 0 Å². The van der Waals surface area contributed by atoms with Gasteiger partial charge in [-0.25, -0.2) is 4.99 Å². The van der Waals surface area contributed by atoms with Crippen LogP contribution in [0.15, 0.2) is 17.5 Å². The van der Waals surface area contributed by atoms with Crippen molar-refractivity contribution < 1.29 is 9.47 Å². The molecule has 0 saturated carbocycles. The number of hydrogen-bond donors (Lipinski definition) is 1. The third-order valence-corrected chi connectivity index (χ3v) is 1.18. The normalized spacial score (nSPS) is 12.9. The maximum Gasteiger partial charge on any atom is 0.227 e. The first-order chi connectivity index (χ1) is 5.74. The largest absolute Gasteiger partial charge is 0.483 e. The van der Waals surface area contributed by atoms with Crippen LogP contribution in [-0.4, -0.2) is 26.8 Å². The van der Waals surface area contributed by atoms with Gasteiger partial charge in [0.1, 0.15) is 0 Å². The Morgan fingerprint density at radius 1 is 1.67 bits per heavy atom. The van der Waals surface area contributed by atoms with E-state index in [1.807, 2.05) is 6.92 Å². The van der Waals surface area contributed by atoms with Crippen molar-refractivity contribution in [2.24, 2.45) is 4.99 Å². The molecule has 0 aromatic carbocycles. The zero-order valence-corrected chi connectivity index (χ0v) is 7.83. The van der Waals surface area contributed by atoms with Crippen molar-refractivity contribution in [3.8, 4) is 0 Å². The molecule has 0 aromatic heterocycles. The molecule has 0 amide bonds. The Labute approximate surface area is 73.3 Å². The van der Waals surface area contributed by atoms with Crippen LogP contribution in [0.5, 0.6) is 0 Å². The van der Waals surface area contributed by atoms with Crippen LogP contribution in [0.3, 0.4) is 0 Å². The Bertz CT molecular complexity index is 157. The van der Waals surface area contributed by atoms with Gasteiger partial charge in [0.2, 0.25) is 6.35 Å². The highest BCUT2D eigenvalue weighted by atomic mass is 16.5. The summed E-state index contributed by atoms with van der Waals surface area (Å²) >= 11 is 0. The van der Waals surface area contributed by atoms with Crippen LogP contribution in [0.4, 0.5) is 0 Å². The summed E-state index contributed by atoms with van der Waals surface area (Å²) in [5.41, 5.74) is 0. The molecular formula is C8H16N2O2. The first-order valence-electron chi connectivity index (χ1n) is 3.78. The molecular weight excluding hydrogens is 156 g/mol. The van der Waals surface area contributed by atoms with Crippen molar-refractivity contribution in [2.75, 3.05) is 14.2 Å². The highest BCUT2D eigenvalue weighted by molar-refractivity contribution is 5.56. The Balaban J connectivity index is 3.82. The van der Waals surface area contributed by atoms with Gasteiger partial charge in [-0.2, -0.15) is 0 Å². The minimum absolute atomic E-state index is 0.405. The summed E-state index contributed by atoms with van der Waals surface area (Å²) in [7, 11) is 3.10. The summed E-state index contributed by atoms with van der Waals surface area (Å²) in [5.74, 6) is 0.440. The van der Waals surface area contributed by atoms with Gasteiger partial charge in [-0.3, -0.25) is 0 Å². The molecule has 0 radical (unpaired) electrons. The van der Waals surface area contributed by atoms with E-state index in [0.717, 1.165) is 6.42 Å². The maximum atomic E-state index is 4.98. The van der Waals surface area contributed by atoms with E-state index in [0.29, 0.717) is 5.88 Å². The lowest BCUT2D eigenvalue weighted by molar-refractivity contribution is 0.0719. The quantitative estimate of drug-likeness (QED) is 0.370. The molecule has 1 atom stereocenters. The van der Waals surface area contributed by atoms with Gasteiger partial charge in [0, 0.05) is 13.3 Å². The third-order valence-electron chi connectivity index (χ3n) is 1.18. The molecule has 1 unspecified atom stereocenters. The van der Waals surface area contributed by atoms with E-state index in [1.165, 1.54) is 7.11 Å². The highest BCUT2D eigenvalue weighted by Gasteiger charge is 2.02. The number of ether oxygens (including phenoxy) is 2. The second-order valence-corrected chi connectivity index (χ2v) is 2.10. The number of nitrogens with one attached hydrogen (secondary N) is 1. The minimum Gasteiger partial charge on any atom is -0.483 e. The molecule has 0 aliphatic heterocycles. The van der Waals surface area contributed by atoms with Gasteiger partial charge in [-0.15, -0.1) is 0 Å². The fourth-order valence-corrected chi connectivity index (χ4v) is 0.555. The Kier molecular flexibility index (Phi) is 6.09. The second-order valence-electron chi connectivity index (χ2n) is 2.10. The van der Waals surface area contributed by atoms with E-state index < -0.39 is 6.35 Å². The predicted octanol–water partition coefficient (Wildman–Crippen LogP) is 1.10. The molecule has 4 nitrogen and oxygen atoms in total. The fourth-order valence-electron chi connectivity index (χ4n) is 0.555. The average molecular weight is 172 g/mol. The van der Waals surface area contributed by atoms with Gasteiger partial charge >= 0.3 is 0 Å². The van der Waals surface area contributed by atoms with Crippen molar-refractivity contribution in [3.05, 3.63) is 12.5 Å². The molecule has 0 spiro atoms. The zero-order valence-electron chi connectivity index (χ0n) is 7.83. The standard InChI is InChI=1S/C8H16N2O2/c1-5-6-9-8(12-4)10-7(2)11-3/h6,8,10H,2,5H2,1,3-4H3/b9-6-. The monoisotopic (exact) mass is 172 g/mol. The van der Waals surface area contributed by atoms with Crippen molar-refractivity contribution in [3.63, 3.8) is 0 Å². The van der Waals surface area contributed by atoms with E-state index >= 15 is 0 Å². The SMILES string of the molecule is C=C(NC(/N=C\CC)OC)OC. The number of nitrogens with zero attached hydrogens (tertiary/aromatic N) is 1. The lowest BCUT2D eigenvalue weighted by Gasteiger charge is -2.14. The van der Waals surface area contributed by atoms with Gasteiger partial charge in [0.25, 0.3) is 0 Å². The molecule has 4 heteroatoms. The van der Waals surface area contributed by atoms with Crippen molar-refractivity contribution in [1.82, 2.24) is 5.32 Å². The molecule has 1 N–H and O–H groups in total. The summed E-state index contributed by atoms with van der Waals surface area (Å²) in [4.78, 5) is 4.05. The van der Waals surface area contributed by atoms with Gasteiger partial charge in [-0.05, 0) is 13.0 Å². The fraction of sp³-hybridized carbons (Fsp3) is 0.625. The molecule has 70 valence electrons. The molecule has 0 heterocycles. The lowest BCUT2D eigenvalue weighted by Crippen LogP contribution is -2.28. The number of aliphatic imine (C=N–C) groups is 1. The Hall–Kier alpha value is -1.03. The third kappa shape index (κ3) is 4.73. The van der Waals surface area contributed by atoms with Crippen LogP contribution < -0.4 is 5.32 Å². The average Bonchev–Trinajstić information content (AvgIpc) is 2.11. The molecule has 0 aliphatic rings. The maximum absolute atomic E-state index is 4.98. The van der Waals surface area contributed by atoms with E-state index in [2.05, 4.69) is 16.9 Å². The molecule has 0 aromatic rings.